The molecule has 3 amide bonds. The standard InChI is InChI=1S/C18H23N3O5S/c1-12-3-6-14(27(2,25)26)11-15(12)17(23)20-7-9-21(10-8-20)18(24)16(22)19-13-4-5-13/h3,6,11,13H,4-5,7-10H2,1-2H3,(H,19,22). The molecular weight excluding hydrogens is 370 g/mol. The van der Waals surface area contributed by atoms with E-state index < -0.39 is 21.7 Å². The summed E-state index contributed by atoms with van der Waals surface area (Å²) >= 11 is 0. The van der Waals surface area contributed by atoms with Gasteiger partial charge in [-0.25, -0.2) is 8.42 Å². The van der Waals surface area contributed by atoms with Crippen molar-refractivity contribution in [2.45, 2.75) is 30.7 Å². The summed E-state index contributed by atoms with van der Waals surface area (Å²) in [5.74, 6) is -1.43. The molecule has 1 aliphatic heterocycles. The summed E-state index contributed by atoms with van der Waals surface area (Å²) in [4.78, 5) is 40.0. The van der Waals surface area contributed by atoms with Crippen LogP contribution < -0.4 is 5.32 Å². The van der Waals surface area contributed by atoms with Crippen LogP contribution >= 0.6 is 0 Å². The van der Waals surface area contributed by atoms with Gasteiger partial charge in [0.25, 0.3) is 5.91 Å². The van der Waals surface area contributed by atoms with Gasteiger partial charge in [-0.3, -0.25) is 14.4 Å². The van der Waals surface area contributed by atoms with E-state index in [2.05, 4.69) is 5.32 Å². The Kier molecular flexibility index (Phi) is 5.23. The average Bonchev–Trinajstić information content (AvgIpc) is 3.44. The second-order valence-corrected chi connectivity index (χ2v) is 9.10. The predicted molar refractivity (Wildman–Crippen MR) is 97.9 cm³/mol. The lowest BCUT2D eigenvalue weighted by Crippen LogP contribution is -2.54. The Bertz CT molecular complexity index is 884. The molecule has 2 aliphatic rings. The lowest BCUT2D eigenvalue weighted by molar-refractivity contribution is -0.146. The summed E-state index contributed by atoms with van der Waals surface area (Å²) in [6.07, 6.45) is 2.92. The molecule has 9 heteroatoms. The van der Waals surface area contributed by atoms with Gasteiger partial charge >= 0.3 is 11.8 Å². The molecule has 0 spiro atoms. The van der Waals surface area contributed by atoms with Crippen LogP contribution in [0.1, 0.15) is 28.8 Å². The summed E-state index contributed by atoms with van der Waals surface area (Å²) in [6, 6.07) is 4.62. The van der Waals surface area contributed by atoms with Crippen molar-refractivity contribution in [3.05, 3.63) is 29.3 Å². The van der Waals surface area contributed by atoms with E-state index in [9.17, 15) is 22.8 Å². The van der Waals surface area contributed by atoms with Gasteiger partial charge in [-0.15, -0.1) is 0 Å². The Morgan fingerprint density at radius 1 is 1.04 bits per heavy atom. The Labute approximate surface area is 158 Å². The zero-order valence-electron chi connectivity index (χ0n) is 15.4. The molecule has 0 atom stereocenters. The molecule has 1 N–H and O–H groups in total. The van der Waals surface area contributed by atoms with Crippen molar-refractivity contribution in [1.82, 2.24) is 15.1 Å². The summed E-state index contributed by atoms with van der Waals surface area (Å²) in [5.41, 5.74) is 1.03. The number of carbonyl (C=O) groups is 3. The molecule has 8 nitrogen and oxygen atoms in total. The van der Waals surface area contributed by atoms with Gasteiger partial charge < -0.3 is 15.1 Å². The Morgan fingerprint density at radius 2 is 1.63 bits per heavy atom. The highest BCUT2D eigenvalue weighted by molar-refractivity contribution is 7.90. The zero-order chi connectivity index (χ0) is 19.8. The van der Waals surface area contributed by atoms with Crippen LogP contribution in [0.3, 0.4) is 0 Å². The lowest BCUT2D eigenvalue weighted by Gasteiger charge is -2.34. The third-order valence-electron chi connectivity index (χ3n) is 4.83. The first kappa shape index (κ1) is 19.3. The summed E-state index contributed by atoms with van der Waals surface area (Å²) in [6.45, 7) is 2.88. The van der Waals surface area contributed by atoms with Gasteiger partial charge in [0, 0.05) is 44.0 Å². The van der Waals surface area contributed by atoms with Crippen LogP contribution in [0.4, 0.5) is 0 Å². The SMILES string of the molecule is Cc1ccc(S(C)(=O)=O)cc1C(=O)N1CCN(C(=O)C(=O)NC2CC2)CC1. The van der Waals surface area contributed by atoms with Crippen LogP contribution in [0.5, 0.6) is 0 Å². The molecule has 0 aromatic heterocycles. The molecule has 27 heavy (non-hydrogen) atoms. The minimum atomic E-state index is -3.41. The lowest BCUT2D eigenvalue weighted by atomic mass is 10.1. The number of nitrogens with one attached hydrogen (secondary N) is 1. The molecule has 0 radical (unpaired) electrons. The van der Waals surface area contributed by atoms with E-state index in [1.165, 1.54) is 17.0 Å². The summed E-state index contributed by atoms with van der Waals surface area (Å²) in [5, 5.41) is 2.67. The van der Waals surface area contributed by atoms with Gasteiger partial charge in [0.2, 0.25) is 0 Å². The largest absolute Gasteiger partial charge is 0.345 e. The maximum absolute atomic E-state index is 12.8. The maximum atomic E-state index is 12.8. The molecule has 146 valence electrons. The summed E-state index contributed by atoms with van der Waals surface area (Å²) < 4.78 is 23.5. The minimum absolute atomic E-state index is 0.0991. The van der Waals surface area contributed by atoms with E-state index in [-0.39, 0.29) is 29.9 Å². The number of carbonyl (C=O) groups excluding carboxylic acids is 3. The van der Waals surface area contributed by atoms with Crippen molar-refractivity contribution in [2.75, 3.05) is 32.4 Å². The molecule has 1 saturated carbocycles. The molecule has 1 aromatic rings. The number of hydrogen-bond acceptors (Lipinski definition) is 5. The van der Waals surface area contributed by atoms with Gasteiger partial charge in [0.05, 0.1) is 4.90 Å². The Balaban J connectivity index is 1.65. The van der Waals surface area contributed by atoms with E-state index in [1.54, 1.807) is 17.9 Å². The minimum Gasteiger partial charge on any atom is -0.345 e. The first-order valence-electron chi connectivity index (χ1n) is 8.86. The van der Waals surface area contributed by atoms with Crippen molar-refractivity contribution in [1.29, 1.82) is 0 Å². The van der Waals surface area contributed by atoms with Gasteiger partial charge in [-0.1, -0.05) is 6.07 Å². The normalized spacial score (nSPS) is 17.6. The number of sulfone groups is 1. The fourth-order valence-corrected chi connectivity index (χ4v) is 3.61. The fraction of sp³-hybridized carbons (Fsp3) is 0.500. The highest BCUT2D eigenvalue weighted by atomic mass is 32.2. The third kappa shape index (κ3) is 4.47. The van der Waals surface area contributed by atoms with E-state index in [0.29, 0.717) is 24.2 Å². The third-order valence-corrected chi connectivity index (χ3v) is 5.94. The second-order valence-electron chi connectivity index (χ2n) is 7.08. The van der Waals surface area contributed by atoms with E-state index >= 15 is 0 Å². The van der Waals surface area contributed by atoms with Gasteiger partial charge in [0.1, 0.15) is 0 Å². The quantitative estimate of drug-likeness (QED) is 0.726. The Morgan fingerprint density at radius 3 is 2.19 bits per heavy atom. The number of benzene rings is 1. The molecule has 3 rings (SSSR count). The van der Waals surface area contributed by atoms with Crippen LogP contribution in [0, 0.1) is 6.92 Å². The molecular formula is C18H23N3O5S. The van der Waals surface area contributed by atoms with Crippen molar-refractivity contribution < 1.29 is 22.8 Å². The zero-order valence-corrected chi connectivity index (χ0v) is 16.2. The highest BCUT2D eigenvalue weighted by Crippen LogP contribution is 2.20. The number of rotatable bonds is 3. The molecule has 2 fully saturated rings. The van der Waals surface area contributed by atoms with Gasteiger partial charge in [-0.2, -0.15) is 0 Å². The van der Waals surface area contributed by atoms with E-state index in [1.807, 2.05) is 0 Å². The fourth-order valence-electron chi connectivity index (χ4n) is 2.96. The number of nitrogens with zero attached hydrogens (tertiary/aromatic N) is 2. The molecule has 1 saturated heterocycles. The average molecular weight is 393 g/mol. The smallest absolute Gasteiger partial charge is 0.312 e. The molecule has 0 unspecified atom stereocenters. The molecule has 0 bridgehead atoms. The maximum Gasteiger partial charge on any atom is 0.312 e. The molecule has 1 heterocycles. The second kappa shape index (κ2) is 7.30. The predicted octanol–water partition coefficient (Wildman–Crippen LogP) is -0.0385. The van der Waals surface area contributed by atoms with Crippen LogP contribution in [0.25, 0.3) is 0 Å². The van der Waals surface area contributed by atoms with Crippen LogP contribution in [-0.2, 0) is 19.4 Å². The molecule has 1 aromatic carbocycles. The van der Waals surface area contributed by atoms with Crippen LogP contribution in [-0.4, -0.2) is 74.4 Å². The molecule has 1 aliphatic carbocycles. The van der Waals surface area contributed by atoms with Crippen LogP contribution in [0.15, 0.2) is 23.1 Å². The van der Waals surface area contributed by atoms with Crippen molar-refractivity contribution in [2.24, 2.45) is 0 Å². The first-order valence-corrected chi connectivity index (χ1v) is 10.8. The Hall–Kier alpha value is -2.42. The number of hydrogen-bond donors (Lipinski definition) is 1. The van der Waals surface area contributed by atoms with Crippen molar-refractivity contribution in [3.63, 3.8) is 0 Å². The van der Waals surface area contributed by atoms with Gasteiger partial charge in [0.15, 0.2) is 9.84 Å². The first-order chi connectivity index (χ1) is 12.7. The number of piperazine rings is 1. The van der Waals surface area contributed by atoms with Gasteiger partial charge in [-0.05, 0) is 37.5 Å². The van der Waals surface area contributed by atoms with Crippen molar-refractivity contribution in [3.8, 4) is 0 Å². The van der Waals surface area contributed by atoms with Crippen molar-refractivity contribution >= 4 is 27.6 Å². The topological polar surface area (TPSA) is 104 Å². The van der Waals surface area contributed by atoms with E-state index in [4.69, 9.17) is 0 Å². The van der Waals surface area contributed by atoms with E-state index in [0.717, 1.165) is 19.1 Å². The monoisotopic (exact) mass is 393 g/mol. The summed E-state index contributed by atoms with van der Waals surface area (Å²) in [7, 11) is -3.41. The number of aryl methyl sites for hydroxylation is 1. The van der Waals surface area contributed by atoms with Crippen LogP contribution in [0.2, 0.25) is 0 Å². The highest BCUT2D eigenvalue weighted by Gasteiger charge is 2.32. The number of amides is 3.